The summed E-state index contributed by atoms with van der Waals surface area (Å²) < 4.78 is 5.37. The number of benzene rings is 1. The Morgan fingerprint density at radius 2 is 2.07 bits per heavy atom. The number of Topliss-reactive ketones (excluding diaryl/α,β-unsaturated/α-hetero) is 1. The third-order valence-corrected chi connectivity index (χ3v) is 5.56. The number of phenolic OH excluding ortho intramolecular Hbond substituents is 1. The number of nitro groups is 1. The highest BCUT2D eigenvalue weighted by Gasteiger charge is 2.46. The molecule has 2 atom stereocenters. The molecule has 0 saturated carbocycles. The van der Waals surface area contributed by atoms with Crippen molar-refractivity contribution in [3.8, 4) is 5.75 Å². The predicted octanol–water partition coefficient (Wildman–Crippen LogP) is 4.07. The summed E-state index contributed by atoms with van der Waals surface area (Å²) in [4.78, 5) is 41.3. The van der Waals surface area contributed by atoms with Gasteiger partial charge in [0.15, 0.2) is 11.5 Å². The van der Waals surface area contributed by atoms with Crippen LogP contribution >= 0.6 is 0 Å². The highest BCUT2D eigenvalue weighted by atomic mass is 16.6. The quantitative estimate of drug-likeness (QED) is 0.441. The van der Waals surface area contributed by atoms with Crippen molar-refractivity contribution in [1.29, 1.82) is 0 Å². The van der Waals surface area contributed by atoms with Gasteiger partial charge in [0.05, 0.1) is 11.5 Å². The normalized spacial score (nSPS) is 22.9. The Morgan fingerprint density at radius 3 is 2.70 bits per heavy atom. The van der Waals surface area contributed by atoms with E-state index in [2.05, 4.69) is 4.99 Å². The van der Waals surface area contributed by atoms with E-state index in [0.717, 1.165) is 0 Å². The number of hydrogen-bond acceptors (Lipinski definition) is 7. The number of carbonyl (C=O) groups is 2. The fourth-order valence-corrected chi connectivity index (χ4v) is 4.28. The van der Waals surface area contributed by atoms with Crippen molar-refractivity contribution in [2.75, 3.05) is 6.61 Å². The lowest BCUT2D eigenvalue weighted by atomic mass is 9.67. The maximum Gasteiger partial charge on any atom is 0.315 e. The lowest BCUT2D eigenvalue weighted by molar-refractivity contribution is -0.385. The molecule has 0 bridgehead atoms. The largest absolute Gasteiger partial charge is 0.502 e. The molecule has 1 aliphatic heterocycles. The fourth-order valence-electron chi connectivity index (χ4n) is 4.28. The van der Waals surface area contributed by atoms with Crippen LogP contribution in [0.2, 0.25) is 0 Å². The standard InChI is InChI=1S/C22H26N2O6/c1-5-8-30-21(27)18-12(2)23-14-10-22(3,4)11-17(26)20(14)19(18)13-6-7-16(25)15(9-13)24(28)29/h6-7,9,18-19,25H,5,8,10-11H2,1-4H3/t18?,19-/m1/s1. The van der Waals surface area contributed by atoms with Gasteiger partial charge in [0.1, 0.15) is 5.92 Å². The van der Waals surface area contributed by atoms with Crippen molar-refractivity contribution in [2.24, 2.45) is 16.3 Å². The smallest absolute Gasteiger partial charge is 0.315 e. The molecule has 0 radical (unpaired) electrons. The second-order valence-corrected chi connectivity index (χ2v) is 8.68. The molecule has 0 spiro atoms. The molecular formula is C22H26N2O6. The Hall–Kier alpha value is -3.03. The first kappa shape index (κ1) is 21.7. The number of carbonyl (C=O) groups excluding carboxylic acids is 2. The van der Waals surface area contributed by atoms with Crippen LogP contribution in [0.4, 0.5) is 5.69 Å². The highest BCUT2D eigenvalue weighted by Crippen LogP contribution is 2.48. The summed E-state index contributed by atoms with van der Waals surface area (Å²) in [7, 11) is 0. The maximum absolute atomic E-state index is 13.1. The minimum Gasteiger partial charge on any atom is -0.502 e. The minimum absolute atomic E-state index is 0.119. The highest BCUT2D eigenvalue weighted by molar-refractivity contribution is 6.09. The second kappa shape index (κ2) is 8.01. The van der Waals surface area contributed by atoms with E-state index in [0.29, 0.717) is 41.8 Å². The molecule has 1 aromatic rings. The average molecular weight is 414 g/mol. The Morgan fingerprint density at radius 1 is 1.37 bits per heavy atom. The molecule has 160 valence electrons. The SMILES string of the molecule is CCCOC(=O)C1C(C)=NC2=C(C(=O)CC(C)(C)C2)[C@@H]1c1ccc(O)c([N+](=O)[O-])c1. The van der Waals surface area contributed by atoms with Crippen LogP contribution in [0.25, 0.3) is 0 Å². The van der Waals surface area contributed by atoms with Gasteiger partial charge >= 0.3 is 11.7 Å². The first-order valence-electron chi connectivity index (χ1n) is 10.0. The number of hydrogen-bond donors (Lipinski definition) is 1. The van der Waals surface area contributed by atoms with Gasteiger partial charge in [-0.15, -0.1) is 0 Å². The van der Waals surface area contributed by atoms with Crippen LogP contribution in [-0.2, 0) is 14.3 Å². The van der Waals surface area contributed by atoms with Gasteiger partial charge in [-0.25, -0.2) is 0 Å². The molecule has 1 aliphatic carbocycles. The van der Waals surface area contributed by atoms with Crippen LogP contribution in [0.5, 0.6) is 5.75 Å². The van der Waals surface area contributed by atoms with Gasteiger partial charge in [-0.05, 0) is 36.8 Å². The van der Waals surface area contributed by atoms with Crippen molar-refractivity contribution in [3.05, 3.63) is 45.1 Å². The summed E-state index contributed by atoms with van der Waals surface area (Å²) in [5, 5.41) is 21.2. The predicted molar refractivity (Wildman–Crippen MR) is 110 cm³/mol. The lowest BCUT2D eigenvalue weighted by Gasteiger charge is -2.38. The molecule has 0 saturated heterocycles. The van der Waals surface area contributed by atoms with Crippen LogP contribution < -0.4 is 0 Å². The Kier molecular flexibility index (Phi) is 5.78. The van der Waals surface area contributed by atoms with E-state index in [4.69, 9.17) is 4.74 Å². The van der Waals surface area contributed by atoms with Gasteiger partial charge in [0, 0.05) is 35.4 Å². The summed E-state index contributed by atoms with van der Waals surface area (Å²) in [5.41, 5.74) is 1.22. The van der Waals surface area contributed by atoms with Crippen LogP contribution in [0.1, 0.15) is 58.4 Å². The molecular weight excluding hydrogens is 388 g/mol. The molecule has 1 heterocycles. The molecule has 0 aromatic heterocycles. The van der Waals surface area contributed by atoms with E-state index in [1.54, 1.807) is 6.92 Å². The molecule has 2 aliphatic rings. The van der Waals surface area contributed by atoms with Gasteiger partial charge in [-0.2, -0.15) is 0 Å². The van der Waals surface area contributed by atoms with Crippen LogP contribution in [0.3, 0.4) is 0 Å². The zero-order chi connectivity index (χ0) is 22.2. The summed E-state index contributed by atoms with van der Waals surface area (Å²) in [5.74, 6) is -2.70. The Bertz CT molecular complexity index is 976. The maximum atomic E-state index is 13.1. The number of nitrogens with zero attached hydrogens (tertiary/aromatic N) is 2. The van der Waals surface area contributed by atoms with Crippen molar-refractivity contribution in [2.45, 2.75) is 52.9 Å². The number of rotatable bonds is 5. The number of phenols is 1. The number of allylic oxidation sites excluding steroid dienone is 2. The lowest BCUT2D eigenvalue weighted by Crippen LogP contribution is -2.39. The number of ether oxygens (including phenoxy) is 1. The summed E-state index contributed by atoms with van der Waals surface area (Å²) >= 11 is 0. The number of aliphatic imine (C=N–C) groups is 1. The van der Waals surface area contributed by atoms with E-state index in [-0.39, 0.29) is 17.8 Å². The van der Waals surface area contributed by atoms with Crippen molar-refractivity contribution >= 4 is 23.2 Å². The van der Waals surface area contributed by atoms with E-state index in [9.17, 15) is 24.8 Å². The average Bonchev–Trinajstić information content (AvgIpc) is 2.64. The van der Waals surface area contributed by atoms with E-state index < -0.39 is 34.2 Å². The fraction of sp³-hybridized carbons (Fsp3) is 0.500. The van der Waals surface area contributed by atoms with Crippen molar-refractivity contribution in [1.82, 2.24) is 0 Å². The van der Waals surface area contributed by atoms with Gasteiger partial charge < -0.3 is 9.84 Å². The first-order chi connectivity index (χ1) is 14.1. The van der Waals surface area contributed by atoms with Gasteiger partial charge in [0.2, 0.25) is 0 Å². The van der Waals surface area contributed by atoms with Crippen molar-refractivity contribution < 1.29 is 24.4 Å². The molecule has 30 heavy (non-hydrogen) atoms. The zero-order valence-corrected chi connectivity index (χ0v) is 17.6. The molecule has 1 unspecified atom stereocenters. The van der Waals surface area contributed by atoms with Gasteiger partial charge in [-0.3, -0.25) is 24.7 Å². The van der Waals surface area contributed by atoms with E-state index in [1.165, 1.54) is 18.2 Å². The van der Waals surface area contributed by atoms with Gasteiger partial charge in [-0.1, -0.05) is 26.8 Å². The Labute approximate surface area is 174 Å². The topological polar surface area (TPSA) is 119 Å². The Balaban J connectivity index is 2.19. The number of aromatic hydroxyl groups is 1. The number of nitro benzene ring substituents is 1. The van der Waals surface area contributed by atoms with Crippen molar-refractivity contribution in [3.63, 3.8) is 0 Å². The number of ketones is 1. The summed E-state index contributed by atoms with van der Waals surface area (Å²) in [6.07, 6.45) is 1.51. The third-order valence-electron chi connectivity index (χ3n) is 5.56. The van der Waals surface area contributed by atoms with Gasteiger partial charge in [0.25, 0.3) is 0 Å². The van der Waals surface area contributed by atoms with Crippen LogP contribution in [0.15, 0.2) is 34.5 Å². The molecule has 8 heteroatoms. The molecule has 0 amide bonds. The third kappa shape index (κ3) is 3.99. The molecule has 3 rings (SSSR count). The second-order valence-electron chi connectivity index (χ2n) is 8.68. The van der Waals surface area contributed by atoms with Crippen LogP contribution in [0, 0.1) is 21.4 Å². The molecule has 8 nitrogen and oxygen atoms in total. The molecule has 1 aromatic carbocycles. The monoisotopic (exact) mass is 414 g/mol. The number of esters is 1. The summed E-state index contributed by atoms with van der Waals surface area (Å²) in [6.45, 7) is 7.81. The van der Waals surface area contributed by atoms with Crippen LogP contribution in [-0.4, -0.2) is 34.1 Å². The zero-order valence-electron chi connectivity index (χ0n) is 17.6. The molecule has 1 N–H and O–H groups in total. The minimum atomic E-state index is -0.857. The van der Waals surface area contributed by atoms with E-state index >= 15 is 0 Å². The summed E-state index contributed by atoms with van der Waals surface area (Å²) in [6, 6.07) is 3.97. The van der Waals surface area contributed by atoms with E-state index in [1.807, 2.05) is 20.8 Å². The molecule has 0 fully saturated rings. The first-order valence-corrected chi connectivity index (χ1v) is 10.0.